The maximum absolute atomic E-state index is 13.7. The van der Waals surface area contributed by atoms with Gasteiger partial charge in [0.05, 0.1) is 59.9 Å². The normalized spacial score (nSPS) is 16.8. The molecule has 0 radical (unpaired) electrons. The molecule has 0 saturated carbocycles. The molecule has 3 aromatic rings. The van der Waals surface area contributed by atoms with E-state index in [1.807, 2.05) is 35.2 Å². The van der Waals surface area contributed by atoms with Crippen molar-refractivity contribution in [3.05, 3.63) is 69.4 Å². The fourth-order valence-corrected chi connectivity index (χ4v) is 6.61. The molecule has 2 aliphatic rings. The highest BCUT2D eigenvalue weighted by molar-refractivity contribution is 5.85. The van der Waals surface area contributed by atoms with Crippen LogP contribution in [0.15, 0.2) is 47.3 Å². The second-order valence-corrected chi connectivity index (χ2v) is 11.3. The van der Waals surface area contributed by atoms with Crippen LogP contribution in [0.5, 0.6) is 28.7 Å². The van der Waals surface area contributed by atoms with Gasteiger partial charge in [-0.15, -0.1) is 0 Å². The maximum Gasteiger partial charge on any atom is 0.242 e. The Morgan fingerprint density at radius 1 is 0.848 bits per heavy atom. The van der Waals surface area contributed by atoms with Crippen molar-refractivity contribution in [2.75, 3.05) is 54.0 Å². The van der Waals surface area contributed by atoms with Crippen molar-refractivity contribution >= 4 is 17.5 Å². The van der Waals surface area contributed by atoms with Crippen LogP contribution in [0, 0.1) is 0 Å². The average Bonchev–Trinajstić information content (AvgIpc) is 3.44. The van der Waals surface area contributed by atoms with E-state index in [2.05, 4.69) is 10.6 Å². The van der Waals surface area contributed by atoms with Gasteiger partial charge in [-0.1, -0.05) is 6.07 Å². The molecule has 0 spiro atoms. The number of fused-ring (bicyclic) bond motifs is 3. The number of nitrogens with zero attached hydrogens (tertiary/aromatic N) is 1. The zero-order valence-corrected chi connectivity index (χ0v) is 27.2. The predicted molar refractivity (Wildman–Crippen MR) is 174 cm³/mol. The van der Waals surface area contributed by atoms with Crippen LogP contribution in [-0.4, -0.2) is 65.4 Å². The Morgan fingerprint density at radius 3 is 2.28 bits per heavy atom. The lowest BCUT2D eigenvalue weighted by Gasteiger charge is -2.26. The molecule has 11 nitrogen and oxygen atoms in total. The van der Waals surface area contributed by atoms with Crippen LogP contribution in [0.1, 0.15) is 55.0 Å². The number of benzene rings is 2. The summed E-state index contributed by atoms with van der Waals surface area (Å²) in [6, 6.07) is 12.0. The van der Waals surface area contributed by atoms with Crippen LogP contribution in [0.4, 0.5) is 5.69 Å². The van der Waals surface area contributed by atoms with Crippen molar-refractivity contribution in [3.63, 3.8) is 0 Å². The zero-order valence-electron chi connectivity index (χ0n) is 27.2. The van der Waals surface area contributed by atoms with Gasteiger partial charge in [-0.2, -0.15) is 0 Å². The smallest absolute Gasteiger partial charge is 0.242 e. The molecule has 1 saturated heterocycles. The summed E-state index contributed by atoms with van der Waals surface area (Å²) in [5.41, 5.74) is 3.93. The van der Waals surface area contributed by atoms with Crippen LogP contribution in [0.25, 0.3) is 11.1 Å². The van der Waals surface area contributed by atoms with E-state index in [1.165, 1.54) is 13.0 Å². The number of carbonyl (C=O) groups excluding carboxylic acids is 2. The highest BCUT2D eigenvalue weighted by Crippen LogP contribution is 2.50. The summed E-state index contributed by atoms with van der Waals surface area (Å²) in [6.45, 7) is 1.98. The number of aryl methyl sites for hydroxylation is 1. The first-order chi connectivity index (χ1) is 22.2. The van der Waals surface area contributed by atoms with E-state index in [0.717, 1.165) is 29.5 Å². The SMILES string of the molecule is COc1ccc([C@H]2CCCN2C(=O)CNc2ccc3c(cc2=O)[C@@H](NC(C)=O)CCc2cc(OC)c(OC)c(OC)c2-3)c(OC)c1. The summed E-state index contributed by atoms with van der Waals surface area (Å²) in [6.07, 6.45) is 2.80. The lowest BCUT2D eigenvalue weighted by atomic mass is 9.95. The maximum atomic E-state index is 13.7. The third-order valence-corrected chi connectivity index (χ3v) is 8.72. The fourth-order valence-electron chi connectivity index (χ4n) is 6.61. The monoisotopic (exact) mass is 631 g/mol. The summed E-state index contributed by atoms with van der Waals surface area (Å²) in [5.74, 6) is 2.42. The molecule has 2 atom stereocenters. The Balaban J connectivity index is 1.50. The molecule has 2 amide bonds. The topological polar surface area (TPSA) is 125 Å². The minimum Gasteiger partial charge on any atom is -0.497 e. The number of hydrogen-bond donors (Lipinski definition) is 2. The summed E-state index contributed by atoms with van der Waals surface area (Å²) in [4.78, 5) is 41.3. The van der Waals surface area contributed by atoms with Crippen LogP contribution in [0.3, 0.4) is 0 Å². The molecule has 0 aromatic heterocycles. The molecule has 0 unspecified atom stereocenters. The molecule has 5 rings (SSSR count). The van der Waals surface area contributed by atoms with Gasteiger partial charge in [-0.05, 0) is 72.7 Å². The summed E-state index contributed by atoms with van der Waals surface area (Å²) < 4.78 is 28.1. The number of anilines is 1. The first-order valence-electron chi connectivity index (χ1n) is 15.3. The Bertz CT molecular complexity index is 1690. The van der Waals surface area contributed by atoms with Crippen molar-refractivity contribution in [3.8, 4) is 39.9 Å². The van der Waals surface area contributed by atoms with E-state index in [-0.39, 0.29) is 35.5 Å². The lowest BCUT2D eigenvalue weighted by molar-refractivity contribution is -0.130. The van der Waals surface area contributed by atoms with E-state index in [4.69, 9.17) is 23.7 Å². The fraction of sp³-hybridized carbons (Fsp3) is 0.400. The summed E-state index contributed by atoms with van der Waals surface area (Å²) in [7, 11) is 7.86. The number of likely N-dealkylation sites (tertiary alicyclic amines) is 1. The van der Waals surface area contributed by atoms with E-state index in [0.29, 0.717) is 59.3 Å². The second-order valence-electron chi connectivity index (χ2n) is 11.3. The average molecular weight is 632 g/mol. The minimum atomic E-state index is -0.430. The highest BCUT2D eigenvalue weighted by Gasteiger charge is 2.33. The second kappa shape index (κ2) is 14.0. The lowest BCUT2D eigenvalue weighted by Crippen LogP contribution is -2.35. The Labute approximate surface area is 268 Å². The van der Waals surface area contributed by atoms with E-state index >= 15 is 0 Å². The van der Waals surface area contributed by atoms with Crippen LogP contribution in [-0.2, 0) is 16.0 Å². The Kier molecular flexibility index (Phi) is 9.89. The Morgan fingerprint density at radius 2 is 1.61 bits per heavy atom. The van der Waals surface area contributed by atoms with Crippen molar-refractivity contribution < 1.29 is 33.3 Å². The molecular weight excluding hydrogens is 590 g/mol. The van der Waals surface area contributed by atoms with Crippen molar-refractivity contribution in [1.29, 1.82) is 0 Å². The standard InChI is InChI=1S/C35H41N3O8/c1-20(39)37-26-13-9-21-16-31(44-4)34(45-5)35(46-6)33(21)23-12-14-27(29(40)18-25(23)26)36-19-32(41)38-15-7-8-28(38)24-11-10-22(42-2)17-30(24)43-3/h10-12,14,16-18,26,28H,7-9,13,15,19H2,1-6H3,(H,36,40)(H,37,39)/t26-,28+/m0/s1. The minimum absolute atomic E-state index is 0.0705. The van der Waals surface area contributed by atoms with Gasteiger partial charge in [-0.3, -0.25) is 14.4 Å². The third kappa shape index (κ3) is 6.27. The quantitative estimate of drug-likeness (QED) is 0.329. The third-order valence-electron chi connectivity index (χ3n) is 8.72. The molecule has 11 heteroatoms. The van der Waals surface area contributed by atoms with Gasteiger partial charge in [0.2, 0.25) is 23.0 Å². The van der Waals surface area contributed by atoms with Crippen LogP contribution in [0.2, 0.25) is 0 Å². The van der Waals surface area contributed by atoms with Crippen molar-refractivity contribution in [2.45, 2.75) is 44.7 Å². The molecule has 1 aliphatic heterocycles. The van der Waals surface area contributed by atoms with Gasteiger partial charge in [0.25, 0.3) is 0 Å². The zero-order chi connectivity index (χ0) is 33.0. The molecule has 1 aliphatic carbocycles. The van der Waals surface area contributed by atoms with Crippen LogP contribution >= 0.6 is 0 Å². The number of methoxy groups -OCH3 is 5. The van der Waals surface area contributed by atoms with E-state index in [1.54, 1.807) is 41.6 Å². The number of ether oxygens (including phenoxy) is 5. The molecule has 1 heterocycles. The number of hydrogen-bond acceptors (Lipinski definition) is 9. The summed E-state index contributed by atoms with van der Waals surface area (Å²) >= 11 is 0. The largest absolute Gasteiger partial charge is 0.497 e. The van der Waals surface area contributed by atoms with Gasteiger partial charge in [0.15, 0.2) is 11.5 Å². The molecule has 244 valence electrons. The summed E-state index contributed by atoms with van der Waals surface area (Å²) in [5, 5.41) is 6.11. The van der Waals surface area contributed by atoms with Gasteiger partial charge < -0.3 is 39.2 Å². The van der Waals surface area contributed by atoms with Gasteiger partial charge >= 0.3 is 0 Å². The first kappa shape index (κ1) is 32.5. The molecular formula is C35H41N3O8. The van der Waals surface area contributed by atoms with Gasteiger partial charge in [-0.25, -0.2) is 0 Å². The molecule has 46 heavy (non-hydrogen) atoms. The number of nitrogens with one attached hydrogen (secondary N) is 2. The van der Waals surface area contributed by atoms with Crippen molar-refractivity contribution in [1.82, 2.24) is 10.2 Å². The molecule has 0 bridgehead atoms. The van der Waals surface area contributed by atoms with Crippen LogP contribution < -0.4 is 39.7 Å². The number of carbonyl (C=O) groups is 2. The predicted octanol–water partition coefficient (Wildman–Crippen LogP) is 4.66. The first-order valence-corrected chi connectivity index (χ1v) is 15.3. The Hall–Kier alpha value is -4.93. The van der Waals surface area contributed by atoms with Gasteiger partial charge in [0, 0.05) is 30.7 Å². The van der Waals surface area contributed by atoms with Gasteiger partial charge in [0.1, 0.15) is 11.5 Å². The molecule has 3 aromatic carbocycles. The van der Waals surface area contributed by atoms with E-state index in [9.17, 15) is 14.4 Å². The molecule has 2 N–H and O–H groups in total. The number of amides is 2. The highest BCUT2D eigenvalue weighted by atomic mass is 16.5. The van der Waals surface area contributed by atoms with E-state index < -0.39 is 6.04 Å². The number of rotatable bonds is 10. The molecule has 1 fully saturated rings. The van der Waals surface area contributed by atoms with Crippen molar-refractivity contribution in [2.24, 2.45) is 0 Å².